The van der Waals surface area contributed by atoms with Crippen LogP contribution in [0.3, 0.4) is 0 Å². The minimum atomic E-state index is -2.10. The van der Waals surface area contributed by atoms with Crippen LogP contribution in [0.4, 0.5) is 0 Å². The second-order valence-corrected chi connectivity index (χ2v) is 14.2. The number of methoxy groups -OCH3 is 1. The number of nitrogens with zero attached hydrogens (tertiary/aromatic N) is 1. The van der Waals surface area contributed by atoms with Gasteiger partial charge in [-0.2, -0.15) is 0 Å². The first kappa shape index (κ1) is 24.1. The molecule has 1 amide bonds. The van der Waals surface area contributed by atoms with Gasteiger partial charge in [0.25, 0.3) is 0 Å². The summed E-state index contributed by atoms with van der Waals surface area (Å²) in [6.45, 7) is 16.7. The summed E-state index contributed by atoms with van der Waals surface area (Å²) in [6.07, 6.45) is 3.95. The van der Waals surface area contributed by atoms with Crippen molar-refractivity contribution in [2.24, 2.45) is 5.92 Å². The van der Waals surface area contributed by atoms with Crippen LogP contribution >= 0.6 is 0 Å². The number of hydrogen-bond donors (Lipinski definition) is 0. The van der Waals surface area contributed by atoms with Crippen molar-refractivity contribution in [2.75, 3.05) is 13.7 Å². The van der Waals surface area contributed by atoms with Crippen LogP contribution in [0.2, 0.25) is 18.1 Å². The van der Waals surface area contributed by atoms with Crippen molar-refractivity contribution in [3.63, 3.8) is 0 Å². The molecule has 0 N–H and O–H groups in total. The number of likely N-dealkylation sites (tertiary alicyclic amines) is 1. The number of rotatable bonds is 8. The SMILES string of the molecule is C=C(C)C1C(=O)N(C(CO[Si](C)(C)C(C)(C)C)C(=O)OC)C1/C=C/c1ccccc1. The molecule has 1 heterocycles. The van der Waals surface area contributed by atoms with Crippen molar-refractivity contribution in [2.45, 2.75) is 57.9 Å². The van der Waals surface area contributed by atoms with Crippen LogP contribution in [0.5, 0.6) is 0 Å². The Morgan fingerprint density at radius 1 is 1.27 bits per heavy atom. The number of carbonyl (C=O) groups excluding carboxylic acids is 2. The molecule has 30 heavy (non-hydrogen) atoms. The van der Waals surface area contributed by atoms with E-state index in [2.05, 4.69) is 40.4 Å². The molecule has 0 bridgehead atoms. The van der Waals surface area contributed by atoms with Gasteiger partial charge in [0.1, 0.15) is 0 Å². The van der Waals surface area contributed by atoms with Gasteiger partial charge in [-0.15, -0.1) is 0 Å². The Bertz CT molecular complexity index is 810. The maximum Gasteiger partial charge on any atom is 0.330 e. The smallest absolute Gasteiger partial charge is 0.330 e. The van der Waals surface area contributed by atoms with E-state index in [0.29, 0.717) is 0 Å². The molecule has 0 spiro atoms. The van der Waals surface area contributed by atoms with E-state index in [0.717, 1.165) is 11.1 Å². The number of esters is 1. The topological polar surface area (TPSA) is 55.8 Å². The van der Waals surface area contributed by atoms with Gasteiger partial charge in [-0.3, -0.25) is 4.79 Å². The molecule has 3 atom stereocenters. The molecule has 0 radical (unpaired) electrons. The minimum absolute atomic E-state index is 0.000517. The second kappa shape index (κ2) is 9.31. The van der Waals surface area contributed by atoms with Crippen molar-refractivity contribution in [3.8, 4) is 0 Å². The van der Waals surface area contributed by atoms with Crippen LogP contribution in [0.15, 0.2) is 48.6 Å². The summed E-state index contributed by atoms with van der Waals surface area (Å²) in [6, 6.07) is 8.83. The predicted molar refractivity (Wildman–Crippen MR) is 123 cm³/mol. The predicted octanol–water partition coefficient (Wildman–Crippen LogP) is 4.67. The van der Waals surface area contributed by atoms with Crippen LogP contribution in [0.1, 0.15) is 33.3 Å². The van der Waals surface area contributed by atoms with Gasteiger partial charge < -0.3 is 14.1 Å². The molecule has 1 aromatic carbocycles. The number of β-lactam (4-membered cyclic amide) rings is 1. The van der Waals surface area contributed by atoms with Gasteiger partial charge in [0.15, 0.2) is 14.4 Å². The lowest BCUT2D eigenvalue weighted by Gasteiger charge is -2.50. The Kier molecular flexibility index (Phi) is 7.48. The fourth-order valence-corrected chi connectivity index (χ4v) is 4.28. The second-order valence-electron chi connectivity index (χ2n) is 9.44. The quantitative estimate of drug-likeness (QED) is 0.261. The van der Waals surface area contributed by atoms with E-state index in [9.17, 15) is 9.59 Å². The molecule has 2 rings (SSSR count). The summed E-state index contributed by atoms with van der Waals surface area (Å²) in [7, 11) is -0.752. The number of carbonyl (C=O) groups is 2. The Labute approximate surface area is 181 Å². The molecule has 1 aliphatic rings. The lowest BCUT2D eigenvalue weighted by molar-refractivity contribution is -0.168. The number of hydrogen-bond acceptors (Lipinski definition) is 4. The van der Waals surface area contributed by atoms with Crippen LogP contribution in [-0.2, 0) is 18.8 Å². The fraction of sp³-hybridized carbons (Fsp3) is 0.500. The first-order valence-corrected chi connectivity index (χ1v) is 13.2. The van der Waals surface area contributed by atoms with Crippen molar-refractivity contribution < 1.29 is 18.8 Å². The van der Waals surface area contributed by atoms with E-state index in [1.165, 1.54) is 7.11 Å². The molecular formula is C24H35NO4Si. The van der Waals surface area contributed by atoms with E-state index in [4.69, 9.17) is 9.16 Å². The summed E-state index contributed by atoms with van der Waals surface area (Å²) < 4.78 is 11.3. The van der Waals surface area contributed by atoms with Gasteiger partial charge in [0.2, 0.25) is 5.91 Å². The summed E-state index contributed by atoms with van der Waals surface area (Å²) in [5, 5.41) is -0.000517. The first-order valence-electron chi connectivity index (χ1n) is 10.3. The average Bonchev–Trinajstić information content (AvgIpc) is 2.66. The van der Waals surface area contributed by atoms with Gasteiger partial charge in [-0.05, 0) is 30.6 Å². The summed E-state index contributed by atoms with van der Waals surface area (Å²) in [5.41, 5.74) is 1.82. The van der Waals surface area contributed by atoms with Crippen molar-refractivity contribution in [1.82, 2.24) is 4.90 Å². The summed E-state index contributed by atoms with van der Waals surface area (Å²) in [5.74, 6) is -0.912. The number of amides is 1. The molecule has 1 fully saturated rings. The molecule has 164 valence electrons. The van der Waals surface area contributed by atoms with E-state index in [1.54, 1.807) is 4.90 Å². The van der Waals surface area contributed by atoms with Crippen LogP contribution in [-0.4, -0.2) is 50.9 Å². The summed E-state index contributed by atoms with van der Waals surface area (Å²) >= 11 is 0. The number of benzene rings is 1. The standard InChI is InChI=1S/C24H35NO4Si/c1-17(2)21-19(15-14-18-12-10-9-11-13-18)25(22(21)26)20(23(27)28-6)16-29-30(7,8)24(3,4)5/h9-15,19-21H,1,16H2,2-8H3/b15-14+. The highest BCUT2D eigenvalue weighted by atomic mass is 28.4. The van der Waals surface area contributed by atoms with E-state index >= 15 is 0 Å². The molecule has 3 unspecified atom stereocenters. The molecule has 1 aliphatic heterocycles. The van der Waals surface area contributed by atoms with Crippen LogP contribution < -0.4 is 0 Å². The largest absolute Gasteiger partial charge is 0.467 e. The Morgan fingerprint density at radius 3 is 2.37 bits per heavy atom. The first-order chi connectivity index (χ1) is 13.9. The third-order valence-corrected chi connectivity index (χ3v) is 10.7. The molecule has 5 nitrogen and oxygen atoms in total. The van der Waals surface area contributed by atoms with Crippen molar-refractivity contribution in [1.29, 1.82) is 0 Å². The normalized spacial score (nSPS) is 20.8. The van der Waals surface area contributed by atoms with E-state index in [1.807, 2.05) is 49.4 Å². The van der Waals surface area contributed by atoms with Gasteiger partial charge in [0.05, 0.1) is 25.7 Å². The van der Waals surface area contributed by atoms with Crippen molar-refractivity contribution >= 4 is 26.3 Å². The molecule has 0 aromatic heterocycles. The van der Waals surface area contributed by atoms with Crippen molar-refractivity contribution in [3.05, 3.63) is 54.1 Å². The zero-order chi connectivity index (χ0) is 22.7. The Morgan fingerprint density at radius 2 is 1.87 bits per heavy atom. The highest BCUT2D eigenvalue weighted by Gasteiger charge is 2.52. The van der Waals surface area contributed by atoms with Gasteiger partial charge in [0, 0.05) is 0 Å². The lowest BCUT2D eigenvalue weighted by Crippen LogP contribution is -2.67. The van der Waals surface area contributed by atoms with Crippen LogP contribution in [0.25, 0.3) is 6.08 Å². The Hall–Kier alpha value is -2.18. The molecular weight excluding hydrogens is 394 g/mol. The monoisotopic (exact) mass is 429 g/mol. The highest BCUT2D eigenvalue weighted by Crippen LogP contribution is 2.39. The van der Waals surface area contributed by atoms with Gasteiger partial charge in [-0.25, -0.2) is 4.79 Å². The molecule has 1 saturated heterocycles. The molecule has 0 saturated carbocycles. The molecule has 0 aliphatic carbocycles. The Balaban J connectivity index is 2.30. The van der Waals surface area contributed by atoms with E-state index in [-0.39, 0.29) is 29.5 Å². The third-order valence-electron chi connectivity index (χ3n) is 6.22. The average molecular weight is 430 g/mol. The minimum Gasteiger partial charge on any atom is -0.467 e. The highest BCUT2D eigenvalue weighted by molar-refractivity contribution is 6.74. The fourth-order valence-electron chi connectivity index (χ4n) is 3.28. The maximum absolute atomic E-state index is 13.0. The van der Waals surface area contributed by atoms with Gasteiger partial charge >= 0.3 is 5.97 Å². The maximum atomic E-state index is 13.0. The number of ether oxygens (including phenoxy) is 1. The zero-order valence-electron chi connectivity index (χ0n) is 19.3. The zero-order valence-corrected chi connectivity index (χ0v) is 20.3. The third kappa shape index (κ3) is 5.10. The van der Waals surface area contributed by atoms with Crippen LogP contribution in [0, 0.1) is 5.92 Å². The van der Waals surface area contributed by atoms with Gasteiger partial charge in [-0.1, -0.05) is 75.4 Å². The lowest BCUT2D eigenvalue weighted by atomic mass is 9.80. The van der Waals surface area contributed by atoms with E-state index < -0.39 is 20.3 Å². The summed E-state index contributed by atoms with van der Waals surface area (Å²) in [4.78, 5) is 27.2. The molecule has 1 aromatic rings. The molecule has 6 heteroatoms.